The number of aromatic nitrogens is 3. The predicted molar refractivity (Wildman–Crippen MR) is 48.2 cm³/mol. The first-order valence-electron chi connectivity index (χ1n) is 3.75. The summed E-state index contributed by atoms with van der Waals surface area (Å²) in [5, 5.41) is 5.26. The molecule has 0 radical (unpaired) electrons. The van der Waals surface area contributed by atoms with E-state index >= 15 is 0 Å². The molecule has 2 N–H and O–H groups in total. The Balaban J connectivity index is 2.57. The summed E-state index contributed by atoms with van der Waals surface area (Å²) in [6.45, 7) is 3.88. The number of fused-ring (bicyclic) bond motifs is 1. The van der Waals surface area contributed by atoms with Crippen LogP contribution < -0.4 is 5.73 Å². The third-order valence-electron chi connectivity index (χ3n) is 1.63. The fourth-order valence-electron chi connectivity index (χ4n) is 1.04. The summed E-state index contributed by atoms with van der Waals surface area (Å²) < 4.78 is 1.78. The smallest absolute Gasteiger partial charge is 0.212 e. The first kappa shape index (κ1) is 7.70. The minimum atomic E-state index is -0.0146. The number of nitrogens with zero attached hydrogens (tertiary/aromatic N) is 3. The SMILES string of the molecule is Cc1nn2cc(C(C)N)nc2s1. The van der Waals surface area contributed by atoms with Crippen molar-refractivity contribution in [3.8, 4) is 0 Å². The van der Waals surface area contributed by atoms with Gasteiger partial charge in [-0.3, -0.25) is 0 Å². The quantitative estimate of drug-likeness (QED) is 0.719. The minimum absolute atomic E-state index is 0.0146. The maximum Gasteiger partial charge on any atom is 0.212 e. The first-order chi connectivity index (χ1) is 5.66. The monoisotopic (exact) mass is 182 g/mol. The van der Waals surface area contributed by atoms with E-state index in [-0.39, 0.29) is 6.04 Å². The molecule has 0 aliphatic rings. The number of aryl methyl sites for hydroxylation is 1. The van der Waals surface area contributed by atoms with E-state index in [1.165, 1.54) is 0 Å². The Morgan fingerprint density at radius 2 is 2.42 bits per heavy atom. The van der Waals surface area contributed by atoms with E-state index in [0.717, 1.165) is 15.7 Å². The molecular formula is C7H10N4S. The van der Waals surface area contributed by atoms with Crippen LogP contribution in [0.1, 0.15) is 23.7 Å². The average molecular weight is 182 g/mol. The number of nitrogens with two attached hydrogens (primary N) is 1. The molecule has 0 amide bonds. The van der Waals surface area contributed by atoms with Crippen molar-refractivity contribution in [1.82, 2.24) is 14.6 Å². The molecule has 0 aliphatic carbocycles. The largest absolute Gasteiger partial charge is 0.323 e. The second-order valence-corrected chi connectivity index (χ2v) is 3.96. The molecule has 0 bridgehead atoms. The van der Waals surface area contributed by atoms with Crippen LogP contribution in [0.15, 0.2) is 6.20 Å². The van der Waals surface area contributed by atoms with E-state index in [0.29, 0.717) is 0 Å². The van der Waals surface area contributed by atoms with Crippen molar-refractivity contribution in [2.75, 3.05) is 0 Å². The Bertz CT molecular complexity index is 369. The Hall–Kier alpha value is -0.940. The summed E-state index contributed by atoms with van der Waals surface area (Å²) in [5.41, 5.74) is 6.57. The van der Waals surface area contributed by atoms with Crippen LogP contribution in [-0.2, 0) is 0 Å². The molecule has 0 aromatic carbocycles. The normalized spacial score (nSPS) is 13.9. The topological polar surface area (TPSA) is 56.2 Å². The van der Waals surface area contributed by atoms with Crippen LogP contribution in [0.5, 0.6) is 0 Å². The fraction of sp³-hybridized carbons (Fsp3) is 0.429. The molecule has 2 aromatic rings. The Kier molecular flexibility index (Phi) is 1.62. The maximum atomic E-state index is 5.68. The molecule has 1 unspecified atom stereocenters. The molecule has 0 aliphatic heterocycles. The number of imidazole rings is 1. The summed E-state index contributed by atoms with van der Waals surface area (Å²) in [6, 6.07) is -0.0146. The van der Waals surface area contributed by atoms with Gasteiger partial charge in [0, 0.05) is 6.04 Å². The van der Waals surface area contributed by atoms with E-state index < -0.39 is 0 Å². The Morgan fingerprint density at radius 3 is 3.00 bits per heavy atom. The van der Waals surface area contributed by atoms with Gasteiger partial charge in [-0.2, -0.15) is 5.10 Å². The summed E-state index contributed by atoms with van der Waals surface area (Å²) in [7, 11) is 0. The zero-order valence-electron chi connectivity index (χ0n) is 6.98. The zero-order chi connectivity index (χ0) is 8.72. The summed E-state index contributed by atoms with van der Waals surface area (Å²) in [6.07, 6.45) is 1.88. The van der Waals surface area contributed by atoms with E-state index in [2.05, 4.69) is 10.1 Å². The van der Waals surface area contributed by atoms with Gasteiger partial charge in [-0.25, -0.2) is 9.50 Å². The van der Waals surface area contributed by atoms with Gasteiger partial charge in [-0.05, 0) is 13.8 Å². The maximum absolute atomic E-state index is 5.68. The molecule has 12 heavy (non-hydrogen) atoms. The van der Waals surface area contributed by atoms with Crippen LogP contribution in [0.3, 0.4) is 0 Å². The molecule has 4 nitrogen and oxygen atoms in total. The van der Waals surface area contributed by atoms with Crippen molar-refractivity contribution in [1.29, 1.82) is 0 Å². The van der Waals surface area contributed by atoms with Crippen molar-refractivity contribution >= 4 is 16.3 Å². The highest BCUT2D eigenvalue weighted by Crippen LogP contribution is 2.15. The van der Waals surface area contributed by atoms with Gasteiger partial charge in [0.1, 0.15) is 5.01 Å². The second-order valence-electron chi connectivity index (χ2n) is 2.80. The van der Waals surface area contributed by atoms with Crippen LogP contribution in [0.4, 0.5) is 0 Å². The van der Waals surface area contributed by atoms with Crippen LogP contribution in [0.2, 0.25) is 0 Å². The number of hydrogen-bond acceptors (Lipinski definition) is 4. The van der Waals surface area contributed by atoms with Crippen LogP contribution >= 0.6 is 11.3 Å². The summed E-state index contributed by atoms with van der Waals surface area (Å²) in [5.74, 6) is 0. The molecular weight excluding hydrogens is 172 g/mol. The molecule has 0 fully saturated rings. The average Bonchev–Trinajstić information content (AvgIpc) is 2.42. The van der Waals surface area contributed by atoms with E-state index in [1.54, 1.807) is 15.9 Å². The third kappa shape index (κ3) is 1.11. The molecule has 0 saturated carbocycles. The van der Waals surface area contributed by atoms with Gasteiger partial charge in [0.05, 0.1) is 11.9 Å². The van der Waals surface area contributed by atoms with Crippen molar-refractivity contribution in [3.63, 3.8) is 0 Å². The Morgan fingerprint density at radius 1 is 1.67 bits per heavy atom. The molecule has 2 heterocycles. The lowest BCUT2D eigenvalue weighted by Crippen LogP contribution is -2.04. The second kappa shape index (κ2) is 2.53. The van der Waals surface area contributed by atoms with Crippen LogP contribution in [0, 0.1) is 6.92 Å². The zero-order valence-corrected chi connectivity index (χ0v) is 7.80. The van der Waals surface area contributed by atoms with Crippen molar-refractivity contribution in [2.45, 2.75) is 19.9 Å². The highest BCUT2D eigenvalue weighted by molar-refractivity contribution is 7.16. The van der Waals surface area contributed by atoms with Gasteiger partial charge < -0.3 is 5.73 Å². The highest BCUT2D eigenvalue weighted by Gasteiger charge is 2.07. The van der Waals surface area contributed by atoms with Crippen molar-refractivity contribution in [3.05, 3.63) is 16.9 Å². The molecule has 0 spiro atoms. The lowest BCUT2D eigenvalue weighted by atomic mass is 10.3. The van der Waals surface area contributed by atoms with Gasteiger partial charge in [-0.1, -0.05) is 11.3 Å². The summed E-state index contributed by atoms with van der Waals surface area (Å²) in [4.78, 5) is 5.24. The molecule has 1 atom stereocenters. The van der Waals surface area contributed by atoms with Gasteiger partial charge in [-0.15, -0.1) is 0 Å². The third-order valence-corrected chi connectivity index (χ3v) is 2.47. The van der Waals surface area contributed by atoms with Gasteiger partial charge in [0.15, 0.2) is 0 Å². The van der Waals surface area contributed by atoms with E-state index in [1.807, 2.05) is 20.0 Å². The van der Waals surface area contributed by atoms with Crippen LogP contribution in [-0.4, -0.2) is 14.6 Å². The lowest BCUT2D eigenvalue weighted by molar-refractivity contribution is 0.787. The van der Waals surface area contributed by atoms with Crippen molar-refractivity contribution in [2.24, 2.45) is 5.73 Å². The molecule has 5 heteroatoms. The number of hydrogen-bond donors (Lipinski definition) is 1. The van der Waals surface area contributed by atoms with Gasteiger partial charge in [0.25, 0.3) is 0 Å². The summed E-state index contributed by atoms with van der Waals surface area (Å²) >= 11 is 1.58. The highest BCUT2D eigenvalue weighted by atomic mass is 32.1. The lowest BCUT2D eigenvalue weighted by Gasteiger charge is -1.95. The fourth-order valence-corrected chi connectivity index (χ4v) is 1.77. The van der Waals surface area contributed by atoms with E-state index in [4.69, 9.17) is 5.73 Å². The molecule has 64 valence electrons. The Labute approximate surface area is 74.0 Å². The molecule has 2 aromatic heterocycles. The van der Waals surface area contributed by atoms with Gasteiger partial charge in [0.2, 0.25) is 4.96 Å². The van der Waals surface area contributed by atoms with Crippen LogP contribution in [0.25, 0.3) is 4.96 Å². The van der Waals surface area contributed by atoms with E-state index in [9.17, 15) is 0 Å². The first-order valence-corrected chi connectivity index (χ1v) is 4.57. The van der Waals surface area contributed by atoms with Gasteiger partial charge >= 0.3 is 0 Å². The molecule has 2 rings (SSSR count). The minimum Gasteiger partial charge on any atom is -0.323 e. The standard InChI is InChI=1S/C7H10N4S/c1-4(8)6-3-11-7(9-6)12-5(2)10-11/h3-4H,8H2,1-2H3. The van der Waals surface area contributed by atoms with Crippen molar-refractivity contribution < 1.29 is 0 Å². The number of rotatable bonds is 1. The molecule has 0 saturated heterocycles. The predicted octanol–water partition coefficient (Wildman–Crippen LogP) is 1.12.